The summed E-state index contributed by atoms with van der Waals surface area (Å²) < 4.78 is 141. The molecule has 0 N–H and O–H groups in total. The van der Waals surface area contributed by atoms with E-state index in [2.05, 4.69) is 11.3 Å². The molecule has 1 saturated carbocycles. The SMILES string of the molecule is C=CCCC1CCC(C(F)(F)OC2COC(C(F)(F)Oc3cc(F)c(C(F)(F)F)c(F)c3)OC2)CC1. The van der Waals surface area contributed by atoms with Gasteiger partial charge >= 0.3 is 18.4 Å². The first-order chi connectivity index (χ1) is 16.7. The molecule has 3 rings (SSSR count). The summed E-state index contributed by atoms with van der Waals surface area (Å²) in [6, 6.07) is -0.136. The van der Waals surface area contributed by atoms with Crippen LogP contribution in [0.5, 0.6) is 5.75 Å². The van der Waals surface area contributed by atoms with Crippen molar-refractivity contribution in [2.75, 3.05) is 13.2 Å². The number of allylic oxidation sites excluding steroid dienone is 1. The Morgan fingerprint density at radius 2 is 1.44 bits per heavy atom. The highest BCUT2D eigenvalue weighted by atomic mass is 19.4. The van der Waals surface area contributed by atoms with Crippen LogP contribution in [0, 0.1) is 23.5 Å². The minimum atomic E-state index is -5.40. The number of hydrogen-bond donors (Lipinski definition) is 0. The normalized spacial score (nSPS) is 26.0. The smallest absolute Gasteiger partial charge is 0.429 e. The van der Waals surface area contributed by atoms with E-state index >= 15 is 0 Å². The first kappa shape index (κ1) is 28.6. The Bertz CT molecular complexity index is 867. The van der Waals surface area contributed by atoms with Crippen molar-refractivity contribution in [1.29, 1.82) is 0 Å². The van der Waals surface area contributed by atoms with Crippen LogP contribution in [0.25, 0.3) is 0 Å². The van der Waals surface area contributed by atoms with Crippen LogP contribution in [-0.2, 0) is 20.4 Å². The lowest BCUT2D eigenvalue weighted by atomic mass is 9.79. The fourth-order valence-electron chi connectivity index (χ4n) is 4.29. The highest BCUT2D eigenvalue weighted by Crippen LogP contribution is 2.42. The molecule has 2 fully saturated rings. The van der Waals surface area contributed by atoms with E-state index in [1.54, 1.807) is 6.08 Å². The first-order valence-electron chi connectivity index (χ1n) is 11.3. The zero-order valence-electron chi connectivity index (χ0n) is 18.9. The maximum atomic E-state index is 14.6. The predicted octanol–water partition coefficient (Wildman–Crippen LogP) is 7.08. The zero-order valence-corrected chi connectivity index (χ0v) is 18.9. The average molecular weight is 536 g/mol. The molecule has 1 aromatic rings. The highest BCUT2D eigenvalue weighted by molar-refractivity contribution is 5.32. The van der Waals surface area contributed by atoms with Gasteiger partial charge in [-0.25, -0.2) is 8.78 Å². The Labute approximate surface area is 201 Å². The van der Waals surface area contributed by atoms with Crippen LogP contribution in [0.15, 0.2) is 24.8 Å². The van der Waals surface area contributed by atoms with E-state index in [1.807, 2.05) is 0 Å². The second-order valence-electron chi connectivity index (χ2n) is 8.81. The molecule has 2 aliphatic rings. The number of hydrogen-bond acceptors (Lipinski definition) is 4. The van der Waals surface area contributed by atoms with E-state index in [0.29, 0.717) is 18.8 Å². The van der Waals surface area contributed by atoms with Gasteiger partial charge in [0.2, 0.25) is 0 Å². The lowest BCUT2D eigenvalue weighted by Gasteiger charge is -2.37. The fourth-order valence-corrected chi connectivity index (χ4v) is 4.29. The van der Waals surface area contributed by atoms with Crippen LogP contribution in [0.4, 0.5) is 39.5 Å². The molecule has 0 atom stereocenters. The summed E-state index contributed by atoms with van der Waals surface area (Å²) in [5, 5.41) is 0. The van der Waals surface area contributed by atoms with E-state index in [-0.39, 0.29) is 25.0 Å². The van der Waals surface area contributed by atoms with Crippen LogP contribution in [-0.4, -0.2) is 37.8 Å². The van der Waals surface area contributed by atoms with Crippen molar-refractivity contribution in [3.63, 3.8) is 0 Å². The predicted molar refractivity (Wildman–Crippen MR) is 107 cm³/mol. The number of benzene rings is 1. The summed E-state index contributed by atoms with van der Waals surface area (Å²) in [6.07, 6.45) is -12.1. The Hall–Kier alpha value is -1.99. The van der Waals surface area contributed by atoms with E-state index in [0.717, 1.165) is 12.8 Å². The molecule has 1 saturated heterocycles. The molecule has 0 bridgehead atoms. The van der Waals surface area contributed by atoms with Crippen molar-refractivity contribution in [2.24, 2.45) is 11.8 Å². The first-order valence-corrected chi connectivity index (χ1v) is 11.3. The van der Waals surface area contributed by atoms with Gasteiger partial charge in [0.05, 0.1) is 19.1 Å². The van der Waals surface area contributed by atoms with Crippen molar-refractivity contribution in [3.8, 4) is 5.75 Å². The summed E-state index contributed by atoms with van der Waals surface area (Å²) in [5.41, 5.74) is -2.27. The molecule has 1 heterocycles. The molecule has 13 heteroatoms. The third-order valence-electron chi connectivity index (χ3n) is 6.12. The number of rotatable bonds is 9. The van der Waals surface area contributed by atoms with Crippen molar-refractivity contribution in [1.82, 2.24) is 0 Å². The molecular formula is C23H25F9O4. The minimum Gasteiger partial charge on any atom is -0.429 e. The van der Waals surface area contributed by atoms with Crippen LogP contribution in [0.3, 0.4) is 0 Å². The standard InChI is InChI=1S/C23H25F9O4/c1-2-3-4-13-5-7-14(8-6-13)22(29,30)36-16-11-33-20(34-12-16)23(31,32)35-15-9-17(24)19(18(25)10-15)21(26,27)28/h2,9-10,13-14,16,20H,1,3-8,11-12H2. The van der Waals surface area contributed by atoms with Crippen LogP contribution in [0.1, 0.15) is 44.1 Å². The van der Waals surface area contributed by atoms with E-state index < -0.39 is 72.9 Å². The highest BCUT2D eigenvalue weighted by Gasteiger charge is 2.50. The molecule has 1 aliphatic heterocycles. The zero-order chi connectivity index (χ0) is 26.7. The molecular weight excluding hydrogens is 511 g/mol. The van der Waals surface area contributed by atoms with Gasteiger partial charge in [-0.2, -0.15) is 30.7 Å². The van der Waals surface area contributed by atoms with E-state index in [4.69, 9.17) is 14.2 Å². The van der Waals surface area contributed by atoms with Crippen molar-refractivity contribution < 1.29 is 58.5 Å². The van der Waals surface area contributed by atoms with Crippen molar-refractivity contribution >= 4 is 0 Å². The van der Waals surface area contributed by atoms with Gasteiger partial charge in [-0.3, -0.25) is 0 Å². The van der Waals surface area contributed by atoms with Crippen LogP contribution < -0.4 is 4.74 Å². The molecule has 0 unspecified atom stereocenters. The number of halogens is 9. The fraction of sp³-hybridized carbons (Fsp3) is 0.652. The Morgan fingerprint density at radius 1 is 0.889 bits per heavy atom. The molecule has 36 heavy (non-hydrogen) atoms. The maximum Gasteiger partial charge on any atom is 0.451 e. The Balaban J connectivity index is 1.53. The summed E-state index contributed by atoms with van der Waals surface area (Å²) in [4.78, 5) is 0. The summed E-state index contributed by atoms with van der Waals surface area (Å²) in [7, 11) is 0. The second-order valence-corrected chi connectivity index (χ2v) is 8.81. The molecule has 1 aliphatic carbocycles. The van der Waals surface area contributed by atoms with E-state index in [1.165, 1.54) is 0 Å². The van der Waals surface area contributed by atoms with Gasteiger partial charge in [0.25, 0.3) is 6.29 Å². The van der Waals surface area contributed by atoms with Gasteiger partial charge in [-0.15, -0.1) is 6.58 Å². The molecule has 0 amide bonds. The topological polar surface area (TPSA) is 36.9 Å². The van der Waals surface area contributed by atoms with Crippen LogP contribution in [0.2, 0.25) is 0 Å². The monoisotopic (exact) mass is 536 g/mol. The molecule has 1 aromatic carbocycles. The molecule has 0 aromatic heterocycles. The molecule has 0 spiro atoms. The summed E-state index contributed by atoms with van der Waals surface area (Å²) in [5.74, 6) is -6.31. The van der Waals surface area contributed by atoms with E-state index in [9.17, 15) is 39.5 Å². The van der Waals surface area contributed by atoms with Gasteiger partial charge in [0, 0.05) is 12.1 Å². The van der Waals surface area contributed by atoms with Gasteiger partial charge in [-0.1, -0.05) is 6.08 Å². The summed E-state index contributed by atoms with van der Waals surface area (Å²) >= 11 is 0. The number of alkyl halides is 7. The molecule has 204 valence electrons. The van der Waals surface area contributed by atoms with Gasteiger partial charge in [0.15, 0.2) is 0 Å². The third-order valence-corrected chi connectivity index (χ3v) is 6.12. The largest absolute Gasteiger partial charge is 0.451 e. The van der Waals surface area contributed by atoms with Gasteiger partial charge in [0.1, 0.15) is 29.1 Å². The Kier molecular flexibility index (Phi) is 8.87. The van der Waals surface area contributed by atoms with Crippen molar-refractivity contribution in [2.45, 2.75) is 69.3 Å². The second kappa shape index (κ2) is 11.2. The third kappa shape index (κ3) is 7.06. The maximum absolute atomic E-state index is 14.6. The molecule has 0 radical (unpaired) electrons. The number of ether oxygens (including phenoxy) is 4. The summed E-state index contributed by atoms with van der Waals surface area (Å²) in [6.45, 7) is 2.17. The van der Waals surface area contributed by atoms with Gasteiger partial charge < -0.3 is 18.9 Å². The minimum absolute atomic E-state index is 0.0682. The lowest BCUT2D eigenvalue weighted by Crippen LogP contribution is -2.51. The van der Waals surface area contributed by atoms with Gasteiger partial charge in [-0.05, 0) is 44.4 Å². The lowest BCUT2D eigenvalue weighted by molar-refractivity contribution is -0.381. The van der Waals surface area contributed by atoms with Crippen LogP contribution >= 0.6 is 0 Å². The molecule has 4 nitrogen and oxygen atoms in total. The quantitative estimate of drug-likeness (QED) is 0.250. The average Bonchev–Trinajstić information content (AvgIpc) is 2.76. The van der Waals surface area contributed by atoms with Crippen molar-refractivity contribution in [3.05, 3.63) is 42.0 Å². The Morgan fingerprint density at radius 3 is 1.94 bits per heavy atom.